The largest absolute Gasteiger partial charge is 0.495 e. The molecule has 1 aliphatic rings. The fourth-order valence-electron chi connectivity index (χ4n) is 2.30. The summed E-state index contributed by atoms with van der Waals surface area (Å²) in [6, 6.07) is 3.98. The summed E-state index contributed by atoms with van der Waals surface area (Å²) in [5.74, 6) is 0.699. The third-order valence-corrected chi connectivity index (χ3v) is 3.23. The lowest BCUT2D eigenvalue weighted by molar-refractivity contribution is 0.186. The Morgan fingerprint density at radius 3 is 2.79 bits per heavy atom. The molecule has 0 aliphatic carbocycles. The average molecular weight is 287 g/mol. The van der Waals surface area contributed by atoms with E-state index < -0.39 is 7.12 Å². The van der Waals surface area contributed by atoms with Crippen molar-refractivity contribution in [1.82, 2.24) is 0 Å². The highest BCUT2D eigenvalue weighted by atomic mass is 35.5. The predicted octanol–water partition coefficient (Wildman–Crippen LogP) is 1.35. The SMILES string of the molecule is CCC1OB(O)c2c1ccc(C)c2OCCCO.Cl. The van der Waals surface area contributed by atoms with Crippen LogP contribution in [0.3, 0.4) is 0 Å². The van der Waals surface area contributed by atoms with E-state index in [4.69, 9.17) is 14.5 Å². The standard InChI is InChI=1S/C13H19BO4.ClH/c1-3-11-10-6-5-9(2)13(17-8-4-7-15)12(10)14(16)18-11;/h5-6,11,15-16H,3-4,7-8H2,1-2H3;1H. The van der Waals surface area contributed by atoms with Crippen molar-refractivity contribution in [1.29, 1.82) is 0 Å². The molecule has 0 bridgehead atoms. The molecule has 106 valence electrons. The van der Waals surface area contributed by atoms with E-state index in [0.29, 0.717) is 18.8 Å². The van der Waals surface area contributed by atoms with Crippen molar-refractivity contribution in [2.75, 3.05) is 13.2 Å². The average Bonchev–Trinajstić information content (AvgIpc) is 2.69. The highest BCUT2D eigenvalue weighted by molar-refractivity contribution is 6.63. The minimum absolute atomic E-state index is 0. The van der Waals surface area contributed by atoms with Gasteiger partial charge in [-0.2, -0.15) is 0 Å². The molecule has 0 amide bonds. The normalized spacial score (nSPS) is 17.1. The van der Waals surface area contributed by atoms with Gasteiger partial charge in [-0.15, -0.1) is 12.4 Å². The summed E-state index contributed by atoms with van der Waals surface area (Å²) >= 11 is 0. The van der Waals surface area contributed by atoms with Gasteiger partial charge in [-0.25, -0.2) is 0 Å². The Kier molecular flexibility index (Phi) is 6.14. The Labute approximate surface area is 120 Å². The zero-order chi connectivity index (χ0) is 13.1. The molecule has 0 saturated carbocycles. The third-order valence-electron chi connectivity index (χ3n) is 3.23. The van der Waals surface area contributed by atoms with E-state index in [2.05, 4.69) is 0 Å². The quantitative estimate of drug-likeness (QED) is 0.634. The zero-order valence-electron chi connectivity index (χ0n) is 11.3. The van der Waals surface area contributed by atoms with E-state index >= 15 is 0 Å². The van der Waals surface area contributed by atoms with E-state index in [9.17, 15) is 5.02 Å². The van der Waals surface area contributed by atoms with Crippen LogP contribution in [0.4, 0.5) is 0 Å². The molecule has 0 saturated heterocycles. The lowest BCUT2D eigenvalue weighted by Gasteiger charge is -2.14. The van der Waals surface area contributed by atoms with E-state index in [0.717, 1.165) is 23.0 Å². The number of rotatable bonds is 5. The van der Waals surface area contributed by atoms with Crippen molar-refractivity contribution in [3.05, 3.63) is 23.3 Å². The number of halogens is 1. The van der Waals surface area contributed by atoms with Crippen LogP contribution in [-0.4, -0.2) is 30.5 Å². The van der Waals surface area contributed by atoms with Gasteiger partial charge in [0, 0.05) is 18.5 Å². The molecule has 0 aromatic heterocycles. The first kappa shape index (κ1) is 16.3. The van der Waals surface area contributed by atoms with Gasteiger partial charge in [0.15, 0.2) is 0 Å². The fraction of sp³-hybridized carbons (Fsp3) is 0.538. The third kappa shape index (κ3) is 3.23. The minimum Gasteiger partial charge on any atom is -0.494 e. The van der Waals surface area contributed by atoms with Gasteiger partial charge < -0.3 is 19.5 Å². The maximum Gasteiger partial charge on any atom is 0.495 e. The van der Waals surface area contributed by atoms with Crippen molar-refractivity contribution >= 4 is 25.0 Å². The maximum absolute atomic E-state index is 9.99. The van der Waals surface area contributed by atoms with E-state index in [1.54, 1.807) is 0 Å². The summed E-state index contributed by atoms with van der Waals surface area (Å²) in [6.07, 6.45) is 1.34. The number of aliphatic hydroxyl groups excluding tert-OH is 1. The van der Waals surface area contributed by atoms with Crippen molar-refractivity contribution in [2.24, 2.45) is 0 Å². The monoisotopic (exact) mass is 286 g/mol. The van der Waals surface area contributed by atoms with Crippen LogP contribution in [0.25, 0.3) is 0 Å². The van der Waals surface area contributed by atoms with E-state index in [-0.39, 0.29) is 25.1 Å². The van der Waals surface area contributed by atoms with Gasteiger partial charge in [0.2, 0.25) is 0 Å². The Morgan fingerprint density at radius 2 is 2.16 bits per heavy atom. The second kappa shape index (κ2) is 7.15. The first-order valence-corrected chi connectivity index (χ1v) is 6.39. The van der Waals surface area contributed by atoms with Crippen molar-refractivity contribution in [3.63, 3.8) is 0 Å². The molecule has 1 aromatic carbocycles. The number of fused-ring (bicyclic) bond motifs is 1. The summed E-state index contributed by atoms with van der Waals surface area (Å²) in [5.41, 5.74) is 2.74. The molecule has 1 aromatic rings. The molecule has 0 spiro atoms. The minimum atomic E-state index is -0.908. The molecule has 1 heterocycles. The molecule has 1 unspecified atom stereocenters. The molecular weight excluding hydrogens is 266 g/mol. The molecule has 6 heteroatoms. The van der Waals surface area contributed by atoms with Crippen LogP contribution < -0.4 is 10.2 Å². The van der Waals surface area contributed by atoms with Gasteiger partial charge in [0.1, 0.15) is 5.75 Å². The van der Waals surface area contributed by atoms with Gasteiger partial charge >= 0.3 is 7.12 Å². The second-order valence-corrected chi connectivity index (χ2v) is 4.53. The predicted molar refractivity (Wildman–Crippen MR) is 77.3 cm³/mol. The van der Waals surface area contributed by atoms with Crippen LogP contribution in [0.1, 0.15) is 37.0 Å². The van der Waals surface area contributed by atoms with Crippen molar-refractivity contribution in [3.8, 4) is 5.75 Å². The molecule has 19 heavy (non-hydrogen) atoms. The maximum atomic E-state index is 9.99. The molecule has 0 fully saturated rings. The lowest BCUT2D eigenvalue weighted by Crippen LogP contribution is -2.30. The second-order valence-electron chi connectivity index (χ2n) is 4.53. The number of hydrogen-bond acceptors (Lipinski definition) is 4. The number of benzene rings is 1. The highest BCUT2D eigenvalue weighted by Gasteiger charge is 2.37. The van der Waals surface area contributed by atoms with Crippen LogP contribution in [0.2, 0.25) is 0 Å². The molecule has 1 aliphatic heterocycles. The molecule has 0 radical (unpaired) electrons. The Balaban J connectivity index is 0.00000180. The van der Waals surface area contributed by atoms with Crippen molar-refractivity contribution in [2.45, 2.75) is 32.8 Å². The van der Waals surface area contributed by atoms with Gasteiger partial charge in [-0.05, 0) is 24.5 Å². The summed E-state index contributed by atoms with van der Waals surface area (Å²) in [7, 11) is -0.908. The molecule has 1 atom stereocenters. The fourth-order valence-corrected chi connectivity index (χ4v) is 2.30. The molecule has 2 N–H and O–H groups in total. The lowest BCUT2D eigenvalue weighted by atomic mass is 9.77. The number of aliphatic hydroxyl groups is 1. The zero-order valence-corrected chi connectivity index (χ0v) is 12.1. The smallest absolute Gasteiger partial charge is 0.494 e. The Hall–Kier alpha value is -0.745. The van der Waals surface area contributed by atoms with Gasteiger partial charge in [0.05, 0.1) is 12.7 Å². The summed E-state index contributed by atoms with van der Waals surface area (Å²) in [6.45, 7) is 4.52. The molecule has 4 nitrogen and oxygen atoms in total. The summed E-state index contributed by atoms with van der Waals surface area (Å²) in [4.78, 5) is 0. The molecular formula is C13H20BClO4. The Morgan fingerprint density at radius 1 is 1.42 bits per heavy atom. The van der Waals surface area contributed by atoms with Gasteiger partial charge in [-0.3, -0.25) is 0 Å². The van der Waals surface area contributed by atoms with E-state index in [1.165, 1.54) is 0 Å². The van der Waals surface area contributed by atoms with Crippen LogP contribution >= 0.6 is 12.4 Å². The first-order valence-electron chi connectivity index (χ1n) is 6.39. The first-order chi connectivity index (χ1) is 8.69. The van der Waals surface area contributed by atoms with Crippen LogP contribution in [-0.2, 0) is 4.65 Å². The van der Waals surface area contributed by atoms with Crippen LogP contribution in [0.5, 0.6) is 5.75 Å². The number of ether oxygens (including phenoxy) is 1. The number of hydrogen-bond donors (Lipinski definition) is 2. The summed E-state index contributed by atoms with van der Waals surface area (Å²) in [5, 5.41) is 18.8. The van der Waals surface area contributed by atoms with Gasteiger partial charge in [0.25, 0.3) is 0 Å². The van der Waals surface area contributed by atoms with Crippen LogP contribution in [0.15, 0.2) is 12.1 Å². The van der Waals surface area contributed by atoms with Gasteiger partial charge in [-0.1, -0.05) is 19.1 Å². The Bertz CT molecular complexity index is 427. The molecule has 2 rings (SSSR count). The van der Waals surface area contributed by atoms with Crippen LogP contribution in [0, 0.1) is 6.92 Å². The highest BCUT2D eigenvalue weighted by Crippen LogP contribution is 2.31. The van der Waals surface area contributed by atoms with Crippen molar-refractivity contribution < 1.29 is 19.5 Å². The summed E-state index contributed by atoms with van der Waals surface area (Å²) < 4.78 is 11.2. The van der Waals surface area contributed by atoms with E-state index in [1.807, 2.05) is 26.0 Å². The topological polar surface area (TPSA) is 58.9 Å². The number of aryl methyl sites for hydroxylation is 1.